The second-order valence-electron chi connectivity index (χ2n) is 7.64. The number of aliphatic hydroxyl groups excluding tert-OH is 2. The molecule has 0 saturated carbocycles. The summed E-state index contributed by atoms with van der Waals surface area (Å²) in [7, 11) is 0. The van der Waals surface area contributed by atoms with Gasteiger partial charge in [0.15, 0.2) is 0 Å². The fourth-order valence-electron chi connectivity index (χ4n) is 4.79. The van der Waals surface area contributed by atoms with E-state index in [4.69, 9.17) is 0 Å². The Labute approximate surface area is 169 Å². The van der Waals surface area contributed by atoms with E-state index in [2.05, 4.69) is 10.3 Å². The number of fused-ring (bicyclic) bond motifs is 10. The number of carbonyl (C=O) groups is 2. The number of hydrogen-bond acceptors (Lipinski definition) is 4. The molecule has 0 radical (unpaired) electrons. The fourth-order valence-corrected chi connectivity index (χ4v) is 4.79. The van der Waals surface area contributed by atoms with Gasteiger partial charge in [0, 0.05) is 32.6 Å². The van der Waals surface area contributed by atoms with Crippen LogP contribution in [0.1, 0.15) is 20.7 Å². The van der Waals surface area contributed by atoms with Gasteiger partial charge in [0.2, 0.25) is 0 Å². The second kappa shape index (κ2) is 5.91. The number of amides is 2. The van der Waals surface area contributed by atoms with E-state index in [0.717, 1.165) is 32.8 Å². The number of rotatable bonds is 3. The molecule has 0 saturated heterocycles. The van der Waals surface area contributed by atoms with Crippen LogP contribution in [-0.2, 0) is 6.54 Å². The van der Waals surface area contributed by atoms with Crippen molar-refractivity contribution in [3.8, 4) is 0 Å². The van der Waals surface area contributed by atoms with E-state index in [1.807, 2.05) is 53.1 Å². The third-order valence-electron chi connectivity index (χ3n) is 5.95. The summed E-state index contributed by atoms with van der Waals surface area (Å²) in [6.45, 7) is -0.229. The number of para-hydroxylation sites is 2. The Balaban J connectivity index is 1.94. The molecule has 1 atom stereocenters. The van der Waals surface area contributed by atoms with Gasteiger partial charge in [-0.2, -0.15) is 0 Å². The predicted octanol–water partition coefficient (Wildman–Crippen LogP) is 2.67. The highest BCUT2D eigenvalue weighted by molar-refractivity contribution is 6.39. The molecule has 3 aromatic carbocycles. The van der Waals surface area contributed by atoms with Crippen LogP contribution in [0.15, 0.2) is 48.5 Å². The van der Waals surface area contributed by atoms with Gasteiger partial charge in [0.1, 0.15) is 0 Å². The van der Waals surface area contributed by atoms with Crippen molar-refractivity contribution in [1.82, 2.24) is 14.9 Å². The molecule has 1 aliphatic rings. The Kier molecular flexibility index (Phi) is 3.39. The Hall–Kier alpha value is -3.68. The molecule has 3 heterocycles. The molecule has 7 nitrogen and oxygen atoms in total. The number of hydrogen-bond donors (Lipinski definition) is 4. The van der Waals surface area contributed by atoms with E-state index in [1.54, 1.807) is 0 Å². The zero-order valence-electron chi connectivity index (χ0n) is 15.8. The van der Waals surface area contributed by atoms with Gasteiger partial charge in [0.25, 0.3) is 11.8 Å². The van der Waals surface area contributed by atoms with Gasteiger partial charge in [0.05, 0.1) is 41.4 Å². The number of aromatic amines is 1. The van der Waals surface area contributed by atoms with E-state index in [1.165, 1.54) is 0 Å². The maximum absolute atomic E-state index is 12.9. The van der Waals surface area contributed by atoms with Gasteiger partial charge >= 0.3 is 0 Å². The van der Waals surface area contributed by atoms with Crippen LogP contribution in [0.4, 0.5) is 0 Å². The highest BCUT2D eigenvalue weighted by Crippen LogP contribution is 2.43. The van der Waals surface area contributed by atoms with Crippen molar-refractivity contribution in [2.75, 3.05) is 6.61 Å². The average molecular weight is 399 g/mol. The Morgan fingerprint density at radius 2 is 1.57 bits per heavy atom. The minimum Gasteiger partial charge on any atom is -0.394 e. The van der Waals surface area contributed by atoms with Gasteiger partial charge in [-0.25, -0.2) is 0 Å². The molecule has 30 heavy (non-hydrogen) atoms. The van der Waals surface area contributed by atoms with Crippen molar-refractivity contribution in [2.45, 2.75) is 12.6 Å². The van der Waals surface area contributed by atoms with Crippen molar-refractivity contribution in [2.24, 2.45) is 0 Å². The first kappa shape index (κ1) is 17.2. The number of nitrogens with zero attached hydrogens (tertiary/aromatic N) is 1. The van der Waals surface area contributed by atoms with Crippen molar-refractivity contribution < 1.29 is 19.8 Å². The zero-order chi connectivity index (χ0) is 20.6. The van der Waals surface area contributed by atoms with Crippen LogP contribution in [0, 0.1) is 0 Å². The van der Waals surface area contributed by atoms with Crippen LogP contribution in [0.3, 0.4) is 0 Å². The topological polar surface area (TPSA) is 107 Å². The number of imide groups is 1. The summed E-state index contributed by atoms with van der Waals surface area (Å²) in [6, 6.07) is 15.2. The number of carbonyl (C=O) groups excluding carboxylic acids is 2. The Bertz CT molecular complexity index is 1540. The molecule has 1 aliphatic heterocycles. The molecule has 2 aromatic heterocycles. The first-order valence-corrected chi connectivity index (χ1v) is 9.72. The standard InChI is InChI=1S/C23H17N3O4/c27-10-11(28)9-26-15-8-4-2-6-13(15)17-19-18(22(29)25-23(19)30)16-12-5-1-3-7-14(12)24-20(16)21(17)26/h1-8,11,24,27-28H,9-10H2,(H,25,29,30). The van der Waals surface area contributed by atoms with E-state index < -0.39 is 17.9 Å². The summed E-state index contributed by atoms with van der Waals surface area (Å²) >= 11 is 0. The second-order valence-corrected chi connectivity index (χ2v) is 7.64. The number of benzene rings is 3. The smallest absolute Gasteiger partial charge is 0.259 e. The molecule has 5 aromatic rings. The molecule has 2 amide bonds. The van der Waals surface area contributed by atoms with Gasteiger partial charge in [-0.3, -0.25) is 14.9 Å². The molecule has 1 unspecified atom stereocenters. The van der Waals surface area contributed by atoms with Crippen molar-refractivity contribution in [3.63, 3.8) is 0 Å². The molecule has 148 valence electrons. The Morgan fingerprint density at radius 3 is 2.33 bits per heavy atom. The van der Waals surface area contributed by atoms with Crippen LogP contribution in [-0.4, -0.2) is 44.3 Å². The number of aromatic nitrogens is 2. The van der Waals surface area contributed by atoms with Crippen molar-refractivity contribution >= 4 is 55.4 Å². The normalized spacial score (nSPS) is 14.9. The predicted molar refractivity (Wildman–Crippen MR) is 114 cm³/mol. The van der Waals surface area contributed by atoms with Crippen molar-refractivity contribution in [1.29, 1.82) is 0 Å². The van der Waals surface area contributed by atoms with Crippen LogP contribution in [0.25, 0.3) is 43.6 Å². The molecular formula is C23H17N3O4. The average Bonchev–Trinajstić information content (AvgIpc) is 3.38. The van der Waals surface area contributed by atoms with Gasteiger partial charge in [-0.1, -0.05) is 36.4 Å². The highest BCUT2D eigenvalue weighted by Gasteiger charge is 2.35. The lowest BCUT2D eigenvalue weighted by Gasteiger charge is -2.12. The minimum absolute atomic E-state index is 0.152. The third kappa shape index (κ3) is 2.05. The molecule has 6 rings (SSSR count). The van der Waals surface area contributed by atoms with Gasteiger partial charge in [-0.05, 0) is 12.1 Å². The number of H-pyrrole nitrogens is 1. The molecule has 0 aliphatic carbocycles. The first-order valence-electron chi connectivity index (χ1n) is 9.72. The van der Waals surface area contributed by atoms with E-state index >= 15 is 0 Å². The summed E-state index contributed by atoms with van der Waals surface area (Å²) < 4.78 is 1.92. The van der Waals surface area contributed by atoms with Crippen LogP contribution in [0.5, 0.6) is 0 Å². The maximum atomic E-state index is 12.9. The fraction of sp³-hybridized carbons (Fsp3) is 0.130. The summed E-state index contributed by atoms with van der Waals surface area (Å²) in [5.74, 6) is -0.823. The van der Waals surface area contributed by atoms with Crippen LogP contribution >= 0.6 is 0 Å². The highest BCUT2D eigenvalue weighted by atomic mass is 16.3. The SMILES string of the molecule is O=C1NC(=O)c2c1c1c3ccccc3[nH]c1c1c2c2ccccc2n1CC(O)CO. The quantitative estimate of drug-likeness (QED) is 0.350. The van der Waals surface area contributed by atoms with Crippen LogP contribution < -0.4 is 5.32 Å². The van der Waals surface area contributed by atoms with E-state index in [9.17, 15) is 19.8 Å². The van der Waals surface area contributed by atoms with Crippen LogP contribution in [0.2, 0.25) is 0 Å². The summed E-state index contributed by atoms with van der Waals surface area (Å²) in [4.78, 5) is 29.1. The van der Waals surface area contributed by atoms with Gasteiger partial charge in [-0.15, -0.1) is 0 Å². The molecule has 0 spiro atoms. The monoisotopic (exact) mass is 399 g/mol. The van der Waals surface area contributed by atoms with E-state index in [-0.39, 0.29) is 13.2 Å². The molecule has 4 N–H and O–H groups in total. The van der Waals surface area contributed by atoms with E-state index in [0.29, 0.717) is 21.9 Å². The lowest BCUT2D eigenvalue weighted by atomic mass is 9.97. The minimum atomic E-state index is -0.966. The summed E-state index contributed by atoms with van der Waals surface area (Å²) in [5, 5.41) is 25.2. The lowest BCUT2D eigenvalue weighted by molar-refractivity contribution is 0.0831. The molecule has 0 bridgehead atoms. The first-order chi connectivity index (χ1) is 14.6. The number of nitrogens with one attached hydrogen (secondary N) is 2. The third-order valence-corrected chi connectivity index (χ3v) is 5.95. The Morgan fingerprint density at radius 1 is 0.900 bits per heavy atom. The maximum Gasteiger partial charge on any atom is 0.259 e. The molecule has 7 heteroatoms. The largest absolute Gasteiger partial charge is 0.394 e. The lowest BCUT2D eigenvalue weighted by Crippen LogP contribution is -2.20. The molecule has 0 fully saturated rings. The van der Waals surface area contributed by atoms with Gasteiger partial charge < -0.3 is 19.8 Å². The summed E-state index contributed by atoms with van der Waals surface area (Å²) in [5.41, 5.74) is 3.88. The summed E-state index contributed by atoms with van der Waals surface area (Å²) in [6.07, 6.45) is -0.966. The molecular weight excluding hydrogens is 382 g/mol. The zero-order valence-corrected chi connectivity index (χ0v) is 15.8. The van der Waals surface area contributed by atoms with Crippen molar-refractivity contribution in [3.05, 3.63) is 59.7 Å². The number of aliphatic hydroxyl groups is 2.